The summed E-state index contributed by atoms with van der Waals surface area (Å²) in [5.41, 5.74) is 2.47. The molecule has 0 spiro atoms. The van der Waals surface area contributed by atoms with Crippen molar-refractivity contribution in [3.8, 4) is 0 Å². The van der Waals surface area contributed by atoms with E-state index in [2.05, 4.69) is 36.4 Å². The summed E-state index contributed by atoms with van der Waals surface area (Å²) in [6.07, 6.45) is 3.15. The fourth-order valence-corrected chi connectivity index (χ4v) is 1.53. The molecular formula is C10H12N2. The molecule has 0 saturated heterocycles. The van der Waals surface area contributed by atoms with Crippen LogP contribution < -0.4 is 0 Å². The monoisotopic (exact) mass is 160 g/mol. The lowest BCUT2D eigenvalue weighted by atomic mass is 10.1. The van der Waals surface area contributed by atoms with Gasteiger partial charge >= 0.3 is 0 Å². The second-order valence-corrected chi connectivity index (χ2v) is 3.01. The second kappa shape index (κ2) is 2.63. The first-order valence-electron chi connectivity index (χ1n) is 4.22. The molecule has 62 valence electrons. The third kappa shape index (κ3) is 0.998. The van der Waals surface area contributed by atoms with Gasteiger partial charge in [-0.3, -0.25) is 4.68 Å². The van der Waals surface area contributed by atoms with E-state index in [4.69, 9.17) is 0 Å². The van der Waals surface area contributed by atoms with E-state index in [1.807, 2.05) is 11.7 Å². The number of hydrogen-bond acceptors (Lipinski definition) is 1. The molecule has 1 aromatic heterocycles. The summed E-state index contributed by atoms with van der Waals surface area (Å²) in [5.74, 6) is 0. The summed E-state index contributed by atoms with van der Waals surface area (Å²) >= 11 is 0. The topological polar surface area (TPSA) is 17.8 Å². The average Bonchev–Trinajstić information content (AvgIpc) is 2.44. The molecule has 0 saturated carbocycles. The van der Waals surface area contributed by atoms with Gasteiger partial charge in [0, 0.05) is 18.6 Å². The molecule has 0 radical (unpaired) electrons. The van der Waals surface area contributed by atoms with Gasteiger partial charge in [-0.2, -0.15) is 5.10 Å². The number of rotatable bonds is 1. The van der Waals surface area contributed by atoms with Gasteiger partial charge in [0.25, 0.3) is 0 Å². The number of hydrogen-bond donors (Lipinski definition) is 0. The largest absolute Gasteiger partial charge is 0.275 e. The first-order valence-corrected chi connectivity index (χ1v) is 4.22. The van der Waals surface area contributed by atoms with E-state index in [1.165, 1.54) is 10.9 Å². The molecule has 0 unspecified atom stereocenters. The lowest BCUT2D eigenvalue weighted by Crippen LogP contribution is -1.84. The molecule has 1 heterocycles. The molecular weight excluding hydrogens is 148 g/mol. The van der Waals surface area contributed by atoms with Crippen molar-refractivity contribution in [3.63, 3.8) is 0 Å². The lowest BCUT2D eigenvalue weighted by molar-refractivity contribution is 0.779. The summed E-state index contributed by atoms with van der Waals surface area (Å²) in [7, 11) is 1.96. The maximum Gasteiger partial charge on any atom is 0.0925 e. The van der Waals surface area contributed by atoms with Crippen LogP contribution in [-0.4, -0.2) is 9.78 Å². The van der Waals surface area contributed by atoms with Crippen LogP contribution in [0.15, 0.2) is 24.4 Å². The second-order valence-electron chi connectivity index (χ2n) is 3.01. The number of fused-ring (bicyclic) bond motifs is 1. The predicted molar refractivity (Wildman–Crippen MR) is 50.1 cm³/mol. The lowest BCUT2D eigenvalue weighted by Gasteiger charge is -1.95. The zero-order chi connectivity index (χ0) is 8.55. The van der Waals surface area contributed by atoms with Crippen molar-refractivity contribution >= 4 is 10.9 Å². The zero-order valence-corrected chi connectivity index (χ0v) is 7.41. The highest BCUT2D eigenvalue weighted by Gasteiger charge is 2.00. The molecule has 0 aliphatic rings. The average molecular weight is 160 g/mol. The van der Waals surface area contributed by atoms with Gasteiger partial charge in [-0.25, -0.2) is 0 Å². The van der Waals surface area contributed by atoms with Gasteiger partial charge < -0.3 is 0 Å². The van der Waals surface area contributed by atoms with Gasteiger partial charge in [-0.15, -0.1) is 0 Å². The van der Waals surface area contributed by atoms with Crippen LogP contribution in [0.2, 0.25) is 0 Å². The summed E-state index contributed by atoms with van der Waals surface area (Å²) in [6, 6.07) is 6.27. The minimum atomic E-state index is 1.07. The molecule has 0 N–H and O–H groups in total. The molecule has 1 aromatic carbocycles. The molecule has 2 heteroatoms. The minimum Gasteiger partial charge on any atom is -0.275 e. The third-order valence-corrected chi connectivity index (χ3v) is 2.14. The Kier molecular flexibility index (Phi) is 1.61. The molecule has 12 heavy (non-hydrogen) atoms. The zero-order valence-electron chi connectivity index (χ0n) is 7.41. The van der Waals surface area contributed by atoms with Crippen molar-refractivity contribution in [1.29, 1.82) is 0 Å². The van der Waals surface area contributed by atoms with Crippen LogP contribution in [0.25, 0.3) is 10.9 Å². The molecule has 0 amide bonds. The van der Waals surface area contributed by atoms with Gasteiger partial charge in [0.05, 0.1) is 5.52 Å². The van der Waals surface area contributed by atoms with Crippen molar-refractivity contribution in [2.24, 2.45) is 7.05 Å². The normalized spacial score (nSPS) is 10.8. The fraction of sp³-hybridized carbons (Fsp3) is 0.300. The van der Waals surface area contributed by atoms with Crippen LogP contribution in [-0.2, 0) is 13.5 Å². The molecule has 2 aromatic rings. The molecule has 0 atom stereocenters. The van der Waals surface area contributed by atoms with Crippen molar-refractivity contribution in [2.75, 3.05) is 0 Å². The van der Waals surface area contributed by atoms with Crippen LogP contribution >= 0.6 is 0 Å². The highest BCUT2D eigenvalue weighted by molar-refractivity contribution is 5.81. The van der Waals surface area contributed by atoms with E-state index in [0.29, 0.717) is 0 Å². The number of aromatic nitrogens is 2. The summed E-state index contributed by atoms with van der Waals surface area (Å²) in [6.45, 7) is 2.17. The van der Waals surface area contributed by atoms with Crippen molar-refractivity contribution < 1.29 is 0 Å². The smallest absolute Gasteiger partial charge is 0.0925 e. The Labute approximate surface area is 71.8 Å². The highest BCUT2D eigenvalue weighted by atomic mass is 15.2. The van der Waals surface area contributed by atoms with E-state index in [1.54, 1.807) is 0 Å². The maximum absolute atomic E-state index is 4.34. The Balaban J connectivity index is 2.78. The Bertz CT molecular complexity index is 401. The minimum absolute atomic E-state index is 1.07. The highest BCUT2D eigenvalue weighted by Crippen LogP contribution is 2.16. The van der Waals surface area contributed by atoms with E-state index >= 15 is 0 Å². The van der Waals surface area contributed by atoms with Gasteiger partial charge in [0.15, 0.2) is 0 Å². The predicted octanol–water partition coefficient (Wildman–Crippen LogP) is 2.14. The number of nitrogens with zero attached hydrogens (tertiary/aromatic N) is 2. The van der Waals surface area contributed by atoms with E-state index in [-0.39, 0.29) is 0 Å². The van der Waals surface area contributed by atoms with E-state index < -0.39 is 0 Å². The molecule has 0 fully saturated rings. The van der Waals surface area contributed by atoms with Crippen LogP contribution in [0, 0.1) is 0 Å². The standard InChI is InChI=1S/C10H12N2/c1-3-8-5-4-6-10-9(8)7-12(2)11-10/h4-7H,3H2,1-2H3. The summed E-state index contributed by atoms with van der Waals surface area (Å²) in [5, 5.41) is 5.62. The quantitative estimate of drug-likeness (QED) is 0.625. The Hall–Kier alpha value is -1.31. The van der Waals surface area contributed by atoms with Gasteiger partial charge in [-0.05, 0) is 18.1 Å². The molecule has 2 rings (SSSR count). The SMILES string of the molecule is CCc1cccc2nn(C)cc12. The Morgan fingerprint density at radius 1 is 1.42 bits per heavy atom. The molecule has 0 bridgehead atoms. The van der Waals surface area contributed by atoms with Crippen LogP contribution in [0.1, 0.15) is 12.5 Å². The van der Waals surface area contributed by atoms with E-state index in [9.17, 15) is 0 Å². The van der Waals surface area contributed by atoms with Crippen molar-refractivity contribution in [2.45, 2.75) is 13.3 Å². The fourth-order valence-electron chi connectivity index (χ4n) is 1.53. The van der Waals surface area contributed by atoms with E-state index in [0.717, 1.165) is 11.9 Å². The van der Waals surface area contributed by atoms with Gasteiger partial charge in [0.2, 0.25) is 0 Å². The van der Waals surface area contributed by atoms with Crippen molar-refractivity contribution in [1.82, 2.24) is 9.78 Å². The van der Waals surface area contributed by atoms with Crippen molar-refractivity contribution in [3.05, 3.63) is 30.0 Å². The molecule has 0 aliphatic heterocycles. The third-order valence-electron chi connectivity index (χ3n) is 2.14. The van der Waals surface area contributed by atoms with Crippen LogP contribution in [0.5, 0.6) is 0 Å². The van der Waals surface area contributed by atoms with Gasteiger partial charge in [-0.1, -0.05) is 19.1 Å². The first kappa shape index (κ1) is 7.35. The summed E-state index contributed by atoms with van der Waals surface area (Å²) in [4.78, 5) is 0. The number of benzene rings is 1. The van der Waals surface area contributed by atoms with Gasteiger partial charge in [0.1, 0.15) is 0 Å². The molecule has 0 aliphatic carbocycles. The summed E-state index contributed by atoms with van der Waals surface area (Å²) < 4.78 is 1.86. The molecule has 2 nitrogen and oxygen atoms in total. The Morgan fingerprint density at radius 3 is 3.00 bits per heavy atom. The van der Waals surface area contributed by atoms with Crippen LogP contribution in [0.4, 0.5) is 0 Å². The van der Waals surface area contributed by atoms with Crippen LogP contribution in [0.3, 0.4) is 0 Å². The first-order chi connectivity index (χ1) is 5.81. The maximum atomic E-state index is 4.34. The number of aryl methyl sites for hydroxylation is 2. The Morgan fingerprint density at radius 2 is 2.25 bits per heavy atom.